The Morgan fingerprint density at radius 1 is 1.41 bits per heavy atom. The number of H-pyrrole nitrogens is 1. The molecule has 1 atom stereocenters. The molecule has 0 unspecified atom stereocenters. The van der Waals surface area contributed by atoms with E-state index in [9.17, 15) is 4.79 Å². The first-order valence-corrected chi connectivity index (χ1v) is 7.93. The number of nitrogens with two attached hydrogens (primary N) is 1. The second kappa shape index (κ2) is 7.16. The highest BCUT2D eigenvalue weighted by Gasteiger charge is 2.27. The second-order valence-corrected chi connectivity index (χ2v) is 6.39. The van der Waals surface area contributed by atoms with E-state index < -0.39 is 0 Å². The van der Waals surface area contributed by atoms with Gasteiger partial charge in [0.05, 0.1) is 13.0 Å². The lowest BCUT2D eigenvalue weighted by Gasteiger charge is -2.17. The van der Waals surface area contributed by atoms with Crippen LogP contribution in [-0.4, -0.2) is 24.6 Å². The van der Waals surface area contributed by atoms with Gasteiger partial charge >= 0.3 is 5.97 Å². The van der Waals surface area contributed by atoms with E-state index in [1.807, 2.05) is 18.2 Å². The first-order chi connectivity index (χ1) is 10.5. The van der Waals surface area contributed by atoms with Crippen LogP contribution >= 0.6 is 11.6 Å². The molecule has 2 rings (SSSR count). The van der Waals surface area contributed by atoms with Gasteiger partial charge < -0.3 is 15.5 Å². The summed E-state index contributed by atoms with van der Waals surface area (Å²) in [4.78, 5) is 15.6. The van der Waals surface area contributed by atoms with Crippen LogP contribution in [0.25, 0.3) is 10.9 Å². The predicted octanol–water partition coefficient (Wildman–Crippen LogP) is 3.63. The summed E-state index contributed by atoms with van der Waals surface area (Å²) in [5, 5.41) is 1.71. The zero-order valence-electron chi connectivity index (χ0n) is 13.3. The summed E-state index contributed by atoms with van der Waals surface area (Å²) >= 11 is 6.12. The molecule has 0 spiro atoms. The molecule has 22 heavy (non-hydrogen) atoms. The fourth-order valence-corrected chi connectivity index (χ4v) is 3.07. The van der Waals surface area contributed by atoms with Crippen molar-refractivity contribution in [3.8, 4) is 0 Å². The summed E-state index contributed by atoms with van der Waals surface area (Å²) in [6.45, 7) is 4.71. The van der Waals surface area contributed by atoms with Gasteiger partial charge in [-0.25, -0.2) is 0 Å². The Labute approximate surface area is 136 Å². The summed E-state index contributed by atoms with van der Waals surface area (Å²) in [5.41, 5.74) is 8.71. The highest BCUT2D eigenvalue weighted by Crippen LogP contribution is 2.33. The molecule has 0 saturated carbocycles. The molecule has 5 heteroatoms. The molecule has 3 N–H and O–H groups in total. The van der Waals surface area contributed by atoms with Gasteiger partial charge in [0.25, 0.3) is 0 Å². The van der Waals surface area contributed by atoms with Crippen LogP contribution in [0.3, 0.4) is 0 Å². The molecule has 1 aromatic carbocycles. The predicted molar refractivity (Wildman–Crippen MR) is 90.3 cm³/mol. The van der Waals surface area contributed by atoms with E-state index in [1.54, 1.807) is 0 Å². The van der Waals surface area contributed by atoms with Crippen molar-refractivity contribution in [2.75, 3.05) is 13.7 Å². The third-order valence-electron chi connectivity index (χ3n) is 3.84. The standard InChI is InChI=1S/C17H23ClN2O2/c1-10(2)8-14(17(21)22-3)16-12(6-7-19)13-9-11(18)4-5-15(13)20-16/h4-5,9-10,14,20H,6-8,19H2,1-3H3/t14-/m0/s1. The Balaban J connectivity index is 2.59. The fraction of sp³-hybridized carbons (Fsp3) is 0.471. The normalized spacial score (nSPS) is 12.8. The monoisotopic (exact) mass is 322 g/mol. The number of benzene rings is 1. The lowest BCUT2D eigenvalue weighted by Crippen LogP contribution is -2.19. The van der Waals surface area contributed by atoms with E-state index in [-0.39, 0.29) is 11.9 Å². The first-order valence-electron chi connectivity index (χ1n) is 7.55. The number of hydrogen-bond donors (Lipinski definition) is 2. The minimum absolute atomic E-state index is 0.218. The van der Waals surface area contributed by atoms with Crippen molar-refractivity contribution in [3.63, 3.8) is 0 Å². The maximum absolute atomic E-state index is 12.2. The molecule has 120 valence electrons. The SMILES string of the molecule is COC(=O)[C@@H](CC(C)C)c1[nH]c2ccc(Cl)cc2c1CCN. The van der Waals surface area contributed by atoms with E-state index >= 15 is 0 Å². The number of halogens is 1. The topological polar surface area (TPSA) is 68.1 Å². The van der Waals surface area contributed by atoms with Gasteiger partial charge in [-0.2, -0.15) is 0 Å². The van der Waals surface area contributed by atoms with Gasteiger partial charge in [-0.3, -0.25) is 4.79 Å². The van der Waals surface area contributed by atoms with Crippen LogP contribution in [-0.2, 0) is 16.0 Å². The Kier molecular flexibility index (Phi) is 5.48. The number of fused-ring (bicyclic) bond motifs is 1. The maximum atomic E-state index is 12.2. The summed E-state index contributed by atoms with van der Waals surface area (Å²) in [5.74, 6) is -0.146. The molecular weight excluding hydrogens is 300 g/mol. The highest BCUT2D eigenvalue weighted by atomic mass is 35.5. The summed E-state index contributed by atoms with van der Waals surface area (Å²) in [7, 11) is 1.43. The third kappa shape index (κ3) is 3.45. The lowest BCUT2D eigenvalue weighted by atomic mass is 9.90. The quantitative estimate of drug-likeness (QED) is 0.798. The van der Waals surface area contributed by atoms with Crippen LogP contribution in [0.5, 0.6) is 0 Å². The zero-order valence-corrected chi connectivity index (χ0v) is 14.0. The van der Waals surface area contributed by atoms with E-state index in [4.69, 9.17) is 22.1 Å². The molecule has 0 radical (unpaired) electrons. The van der Waals surface area contributed by atoms with E-state index in [0.29, 0.717) is 23.9 Å². The summed E-state index contributed by atoms with van der Waals surface area (Å²) < 4.78 is 5.00. The molecule has 0 saturated heterocycles. The molecule has 0 aliphatic rings. The summed E-state index contributed by atoms with van der Waals surface area (Å²) in [6.07, 6.45) is 1.42. The van der Waals surface area contributed by atoms with E-state index in [2.05, 4.69) is 18.8 Å². The largest absolute Gasteiger partial charge is 0.469 e. The van der Waals surface area contributed by atoms with Crippen molar-refractivity contribution in [1.29, 1.82) is 0 Å². The van der Waals surface area contributed by atoms with E-state index in [1.165, 1.54) is 7.11 Å². The van der Waals surface area contributed by atoms with Crippen LogP contribution in [0.2, 0.25) is 5.02 Å². The van der Waals surface area contributed by atoms with Crippen LogP contribution < -0.4 is 5.73 Å². The number of nitrogens with one attached hydrogen (secondary N) is 1. The average molecular weight is 323 g/mol. The molecule has 2 aromatic rings. The van der Waals surface area contributed by atoms with Crippen LogP contribution in [0.1, 0.15) is 37.4 Å². The molecule has 4 nitrogen and oxygen atoms in total. The maximum Gasteiger partial charge on any atom is 0.314 e. The Hall–Kier alpha value is -1.52. The Morgan fingerprint density at radius 2 is 2.14 bits per heavy atom. The molecule has 1 aromatic heterocycles. The molecule has 0 amide bonds. The van der Waals surface area contributed by atoms with Crippen molar-refractivity contribution in [2.24, 2.45) is 11.7 Å². The van der Waals surface area contributed by atoms with Crippen molar-refractivity contribution in [3.05, 3.63) is 34.5 Å². The molecular formula is C17H23ClN2O2. The van der Waals surface area contributed by atoms with Crippen molar-refractivity contribution >= 4 is 28.5 Å². The third-order valence-corrected chi connectivity index (χ3v) is 4.07. The fourth-order valence-electron chi connectivity index (χ4n) is 2.90. The molecule has 0 aliphatic heterocycles. The van der Waals surface area contributed by atoms with Gasteiger partial charge in [0, 0.05) is 21.6 Å². The van der Waals surface area contributed by atoms with Crippen molar-refractivity contribution < 1.29 is 9.53 Å². The average Bonchev–Trinajstić information content (AvgIpc) is 2.82. The number of esters is 1. The van der Waals surface area contributed by atoms with Gasteiger partial charge in [0.2, 0.25) is 0 Å². The first kappa shape index (κ1) is 16.8. The van der Waals surface area contributed by atoms with Gasteiger partial charge in [0.1, 0.15) is 0 Å². The number of ether oxygens (including phenoxy) is 1. The Bertz CT molecular complexity index is 664. The number of methoxy groups -OCH3 is 1. The van der Waals surface area contributed by atoms with Crippen molar-refractivity contribution in [1.82, 2.24) is 4.98 Å². The number of hydrogen-bond acceptors (Lipinski definition) is 3. The lowest BCUT2D eigenvalue weighted by molar-refractivity contribution is -0.143. The molecule has 0 bridgehead atoms. The number of aromatic nitrogens is 1. The van der Waals surface area contributed by atoms with Gasteiger partial charge in [-0.05, 0) is 49.1 Å². The molecule has 0 aliphatic carbocycles. The van der Waals surface area contributed by atoms with Crippen LogP contribution in [0.4, 0.5) is 0 Å². The zero-order chi connectivity index (χ0) is 16.3. The number of aromatic amines is 1. The van der Waals surface area contributed by atoms with Gasteiger partial charge in [-0.1, -0.05) is 25.4 Å². The van der Waals surface area contributed by atoms with Gasteiger partial charge in [0.15, 0.2) is 0 Å². The van der Waals surface area contributed by atoms with Crippen molar-refractivity contribution in [2.45, 2.75) is 32.6 Å². The summed E-state index contributed by atoms with van der Waals surface area (Å²) in [6, 6.07) is 5.70. The van der Waals surface area contributed by atoms with E-state index in [0.717, 1.165) is 28.6 Å². The number of rotatable bonds is 6. The van der Waals surface area contributed by atoms with Crippen LogP contribution in [0, 0.1) is 5.92 Å². The minimum atomic E-state index is -0.308. The van der Waals surface area contributed by atoms with Crippen LogP contribution in [0.15, 0.2) is 18.2 Å². The number of carbonyl (C=O) groups excluding carboxylic acids is 1. The second-order valence-electron chi connectivity index (χ2n) is 5.95. The Morgan fingerprint density at radius 3 is 2.73 bits per heavy atom. The molecule has 0 fully saturated rings. The van der Waals surface area contributed by atoms with Gasteiger partial charge in [-0.15, -0.1) is 0 Å². The smallest absolute Gasteiger partial charge is 0.314 e. The number of carbonyl (C=O) groups is 1. The highest BCUT2D eigenvalue weighted by molar-refractivity contribution is 6.31. The molecule has 1 heterocycles. The minimum Gasteiger partial charge on any atom is -0.469 e.